The van der Waals surface area contributed by atoms with Gasteiger partial charge in [0, 0.05) is 37.4 Å². The normalized spacial score (nSPS) is 15.5. The topological polar surface area (TPSA) is 116 Å². The average molecular weight is 444 g/mol. The number of benzene rings is 2. The maximum Gasteiger partial charge on any atom is 0.317 e. The molecule has 1 saturated heterocycles. The van der Waals surface area contributed by atoms with Crippen molar-refractivity contribution < 1.29 is 14.4 Å². The van der Waals surface area contributed by atoms with Gasteiger partial charge in [0.05, 0.1) is 6.04 Å². The zero-order valence-corrected chi connectivity index (χ0v) is 18.3. The highest BCUT2D eigenvalue weighted by atomic mass is 16.2. The fraction of sp³-hybridized carbons (Fsp3) is 0.208. The number of rotatable bonds is 5. The third kappa shape index (κ3) is 4.98. The first-order valence-electron chi connectivity index (χ1n) is 10.5. The van der Waals surface area contributed by atoms with E-state index in [9.17, 15) is 14.4 Å². The van der Waals surface area contributed by atoms with Crippen molar-refractivity contribution in [3.05, 3.63) is 83.4 Å². The van der Waals surface area contributed by atoms with E-state index >= 15 is 0 Å². The molecule has 9 nitrogen and oxygen atoms in total. The Balaban J connectivity index is 1.47. The minimum atomic E-state index is -0.543. The van der Waals surface area contributed by atoms with Gasteiger partial charge in [-0.1, -0.05) is 29.8 Å². The average Bonchev–Trinajstić information content (AvgIpc) is 2.83. The number of carbonyl (C=O) groups excluding carboxylic acids is 3. The quantitative estimate of drug-likeness (QED) is 0.558. The monoisotopic (exact) mass is 444 g/mol. The van der Waals surface area contributed by atoms with Crippen LogP contribution in [0.3, 0.4) is 0 Å². The van der Waals surface area contributed by atoms with E-state index in [4.69, 9.17) is 0 Å². The van der Waals surface area contributed by atoms with Crippen molar-refractivity contribution in [2.45, 2.75) is 19.4 Å². The van der Waals surface area contributed by atoms with Crippen LogP contribution in [-0.4, -0.2) is 46.3 Å². The van der Waals surface area contributed by atoms with Crippen LogP contribution in [0.1, 0.15) is 44.6 Å². The molecule has 1 unspecified atom stereocenters. The summed E-state index contributed by atoms with van der Waals surface area (Å²) >= 11 is 0. The fourth-order valence-electron chi connectivity index (χ4n) is 3.64. The maximum absolute atomic E-state index is 12.9. The largest absolute Gasteiger partial charge is 0.338 e. The molecule has 0 bridgehead atoms. The highest BCUT2D eigenvalue weighted by Crippen LogP contribution is 2.26. The fourth-order valence-corrected chi connectivity index (χ4v) is 3.64. The van der Waals surface area contributed by atoms with Crippen molar-refractivity contribution in [3.8, 4) is 0 Å². The molecular weight excluding hydrogens is 420 g/mol. The maximum atomic E-state index is 12.9. The molecule has 3 aromatic rings. The Bertz CT molecular complexity index is 1180. The lowest BCUT2D eigenvalue weighted by Gasteiger charge is -2.33. The number of anilines is 2. The van der Waals surface area contributed by atoms with Crippen molar-refractivity contribution in [3.63, 3.8) is 0 Å². The highest BCUT2D eigenvalue weighted by Gasteiger charge is 2.26. The first-order valence-corrected chi connectivity index (χ1v) is 10.5. The van der Waals surface area contributed by atoms with Gasteiger partial charge in [0.25, 0.3) is 11.8 Å². The summed E-state index contributed by atoms with van der Waals surface area (Å²) in [5, 5.41) is 8.30. The van der Waals surface area contributed by atoms with Gasteiger partial charge >= 0.3 is 6.03 Å². The number of aromatic nitrogens is 2. The van der Waals surface area contributed by atoms with Crippen molar-refractivity contribution in [1.82, 2.24) is 20.2 Å². The van der Waals surface area contributed by atoms with Crippen LogP contribution >= 0.6 is 0 Å². The molecular formula is C24H24N6O3. The van der Waals surface area contributed by atoms with Crippen LogP contribution in [0.4, 0.5) is 16.2 Å². The van der Waals surface area contributed by atoms with Crippen molar-refractivity contribution in [2.75, 3.05) is 24.2 Å². The molecule has 0 saturated carbocycles. The molecule has 3 N–H and O–H groups in total. The van der Waals surface area contributed by atoms with Crippen molar-refractivity contribution >= 4 is 29.2 Å². The number of nitrogens with zero attached hydrogens (tertiary/aromatic N) is 3. The van der Waals surface area contributed by atoms with E-state index in [1.165, 1.54) is 12.4 Å². The number of hydrogen-bond donors (Lipinski definition) is 3. The highest BCUT2D eigenvalue weighted by molar-refractivity contribution is 6.13. The number of hydrogen-bond acceptors (Lipinski definition) is 5. The Morgan fingerprint density at radius 1 is 0.909 bits per heavy atom. The van der Waals surface area contributed by atoms with Gasteiger partial charge < -0.3 is 20.9 Å². The SMILES string of the molecule is Cc1ccc(NC(=O)c2nccnc2C(=O)Nc2ccc(C3CCNC(=O)N3C)cc2)cc1. The molecule has 0 aliphatic carbocycles. The van der Waals surface area contributed by atoms with Crippen LogP contribution in [0.25, 0.3) is 0 Å². The number of nitrogens with one attached hydrogen (secondary N) is 3. The van der Waals surface area contributed by atoms with Crippen LogP contribution in [0, 0.1) is 6.92 Å². The van der Waals surface area contributed by atoms with Gasteiger partial charge in [0.2, 0.25) is 0 Å². The molecule has 1 aliphatic rings. The van der Waals surface area contributed by atoms with Crippen molar-refractivity contribution in [2.24, 2.45) is 0 Å². The summed E-state index contributed by atoms with van der Waals surface area (Å²) in [4.78, 5) is 47.3. The number of amides is 4. The van der Waals surface area contributed by atoms with Crippen LogP contribution in [-0.2, 0) is 0 Å². The van der Waals surface area contributed by atoms with E-state index < -0.39 is 11.8 Å². The molecule has 9 heteroatoms. The summed E-state index contributed by atoms with van der Waals surface area (Å²) in [6.07, 6.45) is 3.53. The van der Waals surface area contributed by atoms with Crippen LogP contribution < -0.4 is 16.0 Å². The predicted molar refractivity (Wildman–Crippen MR) is 124 cm³/mol. The third-order valence-corrected chi connectivity index (χ3v) is 5.47. The minimum Gasteiger partial charge on any atom is -0.338 e. The molecule has 168 valence electrons. The molecule has 1 aromatic heterocycles. The molecule has 33 heavy (non-hydrogen) atoms. The zero-order valence-electron chi connectivity index (χ0n) is 18.3. The zero-order chi connectivity index (χ0) is 23.4. The molecule has 2 aromatic carbocycles. The summed E-state index contributed by atoms with van der Waals surface area (Å²) in [7, 11) is 1.76. The Morgan fingerprint density at radius 3 is 1.97 bits per heavy atom. The van der Waals surface area contributed by atoms with E-state index in [1.54, 1.807) is 36.2 Å². The van der Waals surface area contributed by atoms with E-state index in [0.29, 0.717) is 17.9 Å². The van der Waals surface area contributed by atoms with Gasteiger partial charge in [0.15, 0.2) is 11.4 Å². The number of aryl methyl sites for hydroxylation is 1. The lowest BCUT2D eigenvalue weighted by atomic mass is 10.0. The van der Waals surface area contributed by atoms with Crippen LogP contribution in [0.15, 0.2) is 60.9 Å². The van der Waals surface area contributed by atoms with E-state index in [0.717, 1.165) is 17.5 Å². The summed E-state index contributed by atoms with van der Waals surface area (Å²) in [6.45, 7) is 2.57. The summed E-state index contributed by atoms with van der Waals surface area (Å²) in [5.41, 5.74) is 3.04. The predicted octanol–water partition coefficient (Wildman–Crippen LogP) is 3.38. The van der Waals surface area contributed by atoms with Gasteiger partial charge in [-0.15, -0.1) is 0 Å². The van der Waals surface area contributed by atoms with Crippen LogP contribution in [0.5, 0.6) is 0 Å². The third-order valence-electron chi connectivity index (χ3n) is 5.47. The lowest BCUT2D eigenvalue weighted by Crippen LogP contribution is -2.45. The Kier molecular flexibility index (Phi) is 6.30. The van der Waals surface area contributed by atoms with E-state index in [2.05, 4.69) is 25.9 Å². The van der Waals surface area contributed by atoms with Gasteiger partial charge in [-0.3, -0.25) is 9.59 Å². The van der Waals surface area contributed by atoms with Gasteiger partial charge in [-0.05, 0) is 43.2 Å². The molecule has 0 spiro atoms. The van der Waals surface area contributed by atoms with Gasteiger partial charge in [0.1, 0.15) is 0 Å². The number of urea groups is 1. The molecule has 0 radical (unpaired) electrons. The summed E-state index contributed by atoms with van der Waals surface area (Å²) in [5.74, 6) is -1.06. The van der Waals surface area contributed by atoms with Gasteiger partial charge in [-0.2, -0.15) is 0 Å². The summed E-state index contributed by atoms with van der Waals surface area (Å²) in [6, 6.07) is 14.4. The Morgan fingerprint density at radius 2 is 1.42 bits per heavy atom. The lowest BCUT2D eigenvalue weighted by molar-refractivity contribution is 0.0983. The van der Waals surface area contributed by atoms with E-state index in [-0.39, 0.29) is 23.5 Å². The molecule has 1 aliphatic heterocycles. The van der Waals surface area contributed by atoms with E-state index in [1.807, 2.05) is 31.2 Å². The molecule has 2 heterocycles. The van der Waals surface area contributed by atoms with Crippen molar-refractivity contribution in [1.29, 1.82) is 0 Å². The smallest absolute Gasteiger partial charge is 0.317 e. The first kappa shape index (κ1) is 21.9. The Hall–Kier alpha value is -4.27. The van der Waals surface area contributed by atoms with Gasteiger partial charge in [-0.25, -0.2) is 14.8 Å². The second-order valence-electron chi connectivity index (χ2n) is 7.80. The molecule has 1 atom stereocenters. The minimum absolute atomic E-state index is 0.0273. The molecule has 4 rings (SSSR count). The standard InChI is InChI=1S/C24H24N6O3/c1-15-3-7-17(8-4-15)28-22(31)20-21(26-14-13-25-20)23(32)29-18-9-5-16(6-10-18)19-11-12-27-24(33)30(19)2/h3-10,13-14,19H,11-12H2,1-2H3,(H,27,33)(H,28,31)(H,29,32). The first-order chi connectivity index (χ1) is 15.9. The molecule has 1 fully saturated rings. The summed E-state index contributed by atoms with van der Waals surface area (Å²) < 4.78 is 0. The second kappa shape index (κ2) is 9.47. The molecule has 4 amide bonds. The number of carbonyl (C=O) groups is 3. The Labute approximate surface area is 191 Å². The second-order valence-corrected chi connectivity index (χ2v) is 7.80. The van der Waals surface area contributed by atoms with Crippen LogP contribution in [0.2, 0.25) is 0 Å².